The van der Waals surface area contributed by atoms with E-state index in [-0.39, 0.29) is 32.8 Å². The predicted octanol–water partition coefficient (Wildman–Crippen LogP) is 7.34. The molecule has 0 aromatic heterocycles. The minimum Gasteiger partial charge on any atom is -0.457 e. The third-order valence-electron chi connectivity index (χ3n) is 5.52. The second kappa shape index (κ2) is 28.0. The Labute approximate surface area is 237 Å². The van der Waals surface area contributed by atoms with Gasteiger partial charge < -0.3 is 20.1 Å². The van der Waals surface area contributed by atoms with Crippen molar-refractivity contribution < 1.29 is 32.8 Å². The molecule has 0 spiro atoms. The van der Waals surface area contributed by atoms with Gasteiger partial charge in [0, 0.05) is 19.6 Å². The van der Waals surface area contributed by atoms with Crippen LogP contribution in [0.4, 0.5) is 0 Å². The summed E-state index contributed by atoms with van der Waals surface area (Å²) in [5, 5.41) is 0. The van der Waals surface area contributed by atoms with Gasteiger partial charge in [0.2, 0.25) is 0 Å². The van der Waals surface area contributed by atoms with Gasteiger partial charge in [-0.15, -0.1) is 0 Å². The fourth-order valence-electron chi connectivity index (χ4n) is 3.42. The zero-order valence-electron chi connectivity index (χ0n) is 24.3. The smallest absolute Gasteiger partial charge is 0.457 e. The van der Waals surface area contributed by atoms with Crippen molar-refractivity contribution in [3.05, 3.63) is 48.6 Å². The molecule has 0 rings (SSSR count). The number of phosphoric ester groups is 1. The number of nitrogens with two attached hydrogens (primary N) is 1. The van der Waals surface area contributed by atoms with Crippen molar-refractivity contribution in [1.29, 1.82) is 0 Å². The SMILES string of the molecule is CC/C=C\C/C=C\C/C=C\C/C=C\CCC(=O)OC(COCCCCCCCCC)COP(=O)(O)OCCN. The van der Waals surface area contributed by atoms with E-state index in [4.69, 9.17) is 24.3 Å². The molecule has 0 aromatic carbocycles. The molecule has 0 amide bonds. The first-order valence-corrected chi connectivity index (χ1v) is 16.1. The number of hydrogen-bond donors (Lipinski definition) is 2. The molecule has 0 fully saturated rings. The van der Waals surface area contributed by atoms with Crippen LogP contribution in [0, 0.1) is 0 Å². The van der Waals surface area contributed by atoms with Gasteiger partial charge in [-0.25, -0.2) is 4.57 Å². The van der Waals surface area contributed by atoms with Crippen molar-refractivity contribution in [2.24, 2.45) is 5.73 Å². The molecule has 0 heterocycles. The summed E-state index contributed by atoms with van der Waals surface area (Å²) in [6, 6.07) is 0. The summed E-state index contributed by atoms with van der Waals surface area (Å²) < 4.78 is 32.8. The van der Waals surface area contributed by atoms with Crippen LogP contribution < -0.4 is 5.73 Å². The molecule has 0 aliphatic carbocycles. The molecular formula is C30H54NO7P. The van der Waals surface area contributed by atoms with Gasteiger partial charge in [-0.1, -0.05) is 101 Å². The minimum absolute atomic E-state index is 0.0857. The topological polar surface area (TPSA) is 117 Å². The van der Waals surface area contributed by atoms with Crippen LogP contribution in [0.1, 0.15) is 97.3 Å². The van der Waals surface area contributed by atoms with E-state index in [0.29, 0.717) is 13.0 Å². The summed E-state index contributed by atoms with van der Waals surface area (Å²) >= 11 is 0. The van der Waals surface area contributed by atoms with E-state index in [2.05, 4.69) is 50.3 Å². The Kier molecular flexibility index (Phi) is 26.9. The average molecular weight is 572 g/mol. The Balaban J connectivity index is 4.35. The lowest BCUT2D eigenvalue weighted by Crippen LogP contribution is -2.28. The van der Waals surface area contributed by atoms with Crippen molar-refractivity contribution >= 4 is 13.8 Å². The second-order valence-corrected chi connectivity index (χ2v) is 10.7. The molecule has 0 aliphatic rings. The van der Waals surface area contributed by atoms with Crippen LogP contribution in [0.25, 0.3) is 0 Å². The van der Waals surface area contributed by atoms with E-state index in [1.54, 1.807) is 0 Å². The molecule has 0 saturated heterocycles. The molecule has 9 heteroatoms. The molecule has 3 N–H and O–H groups in total. The van der Waals surface area contributed by atoms with Crippen LogP contribution in [0.2, 0.25) is 0 Å². The molecular weight excluding hydrogens is 517 g/mol. The van der Waals surface area contributed by atoms with E-state index in [0.717, 1.165) is 38.5 Å². The van der Waals surface area contributed by atoms with E-state index in [1.165, 1.54) is 32.1 Å². The third kappa shape index (κ3) is 27.8. The predicted molar refractivity (Wildman–Crippen MR) is 159 cm³/mol. The summed E-state index contributed by atoms with van der Waals surface area (Å²) in [6.07, 6.45) is 28.7. The number of carbonyl (C=O) groups excluding carboxylic acids is 1. The van der Waals surface area contributed by atoms with Crippen LogP contribution in [0.5, 0.6) is 0 Å². The number of esters is 1. The Morgan fingerprint density at radius 2 is 1.38 bits per heavy atom. The first-order chi connectivity index (χ1) is 18.9. The van der Waals surface area contributed by atoms with Crippen molar-refractivity contribution in [3.63, 3.8) is 0 Å². The average Bonchev–Trinajstić information content (AvgIpc) is 2.92. The van der Waals surface area contributed by atoms with Crippen LogP contribution >= 0.6 is 7.82 Å². The van der Waals surface area contributed by atoms with Gasteiger partial charge in [-0.05, 0) is 38.5 Å². The number of phosphoric acid groups is 1. The van der Waals surface area contributed by atoms with Gasteiger partial charge in [0.25, 0.3) is 0 Å². The van der Waals surface area contributed by atoms with E-state index < -0.39 is 19.9 Å². The second-order valence-electron chi connectivity index (χ2n) is 9.23. The van der Waals surface area contributed by atoms with Crippen LogP contribution in [-0.2, 0) is 27.9 Å². The highest BCUT2D eigenvalue weighted by Gasteiger charge is 2.25. The van der Waals surface area contributed by atoms with Gasteiger partial charge >= 0.3 is 13.8 Å². The van der Waals surface area contributed by atoms with E-state index in [1.807, 2.05) is 12.2 Å². The van der Waals surface area contributed by atoms with Crippen LogP contribution in [0.3, 0.4) is 0 Å². The number of hydrogen-bond acceptors (Lipinski definition) is 7. The fourth-order valence-corrected chi connectivity index (χ4v) is 4.18. The Morgan fingerprint density at radius 3 is 2.00 bits per heavy atom. The van der Waals surface area contributed by atoms with Crippen molar-refractivity contribution in [2.45, 2.75) is 103 Å². The Morgan fingerprint density at radius 1 is 0.795 bits per heavy atom. The first kappa shape index (κ1) is 37.5. The highest BCUT2D eigenvalue weighted by atomic mass is 31.2. The molecule has 0 bridgehead atoms. The summed E-state index contributed by atoms with van der Waals surface area (Å²) in [5.41, 5.74) is 5.30. The maximum absolute atomic E-state index is 12.3. The Bertz CT molecular complexity index is 737. The molecule has 39 heavy (non-hydrogen) atoms. The monoisotopic (exact) mass is 571 g/mol. The quantitative estimate of drug-likeness (QED) is 0.0455. The minimum atomic E-state index is -4.27. The van der Waals surface area contributed by atoms with E-state index in [9.17, 15) is 14.3 Å². The molecule has 8 nitrogen and oxygen atoms in total. The van der Waals surface area contributed by atoms with Gasteiger partial charge in [0.1, 0.15) is 6.10 Å². The van der Waals surface area contributed by atoms with Gasteiger partial charge in [-0.3, -0.25) is 13.8 Å². The van der Waals surface area contributed by atoms with Crippen molar-refractivity contribution in [1.82, 2.24) is 0 Å². The van der Waals surface area contributed by atoms with Crippen molar-refractivity contribution in [3.8, 4) is 0 Å². The standard InChI is InChI=1S/C30H54NO7P/c1-3-5-7-9-11-12-13-14-15-16-17-19-21-23-30(32)38-29(28-37-39(33,34)36-26-24-31)27-35-25-22-20-18-10-8-6-4-2/h5,7,11-12,14-15,17,19,29H,3-4,6,8-10,13,16,18,20-28,31H2,1-2H3,(H,33,34)/b7-5-,12-11-,15-14-,19-17-. The van der Waals surface area contributed by atoms with Gasteiger partial charge in [0.15, 0.2) is 0 Å². The molecule has 0 aliphatic heterocycles. The zero-order valence-corrected chi connectivity index (χ0v) is 25.2. The number of ether oxygens (including phenoxy) is 2. The normalized spacial score (nSPS) is 14.7. The van der Waals surface area contributed by atoms with Gasteiger partial charge in [-0.2, -0.15) is 0 Å². The zero-order chi connectivity index (χ0) is 28.9. The number of rotatable bonds is 27. The molecule has 226 valence electrons. The lowest BCUT2D eigenvalue weighted by atomic mass is 10.1. The summed E-state index contributed by atoms with van der Waals surface area (Å²) in [4.78, 5) is 22.1. The molecule has 0 radical (unpaired) electrons. The van der Waals surface area contributed by atoms with Crippen LogP contribution in [0.15, 0.2) is 48.6 Å². The molecule has 2 unspecified atom stereocenters. The maximum Gasteiger partial charge on any atom is 0.472 e. The first-order valence-electron chi connectivity index (χ1n) is 14.6. The third-order valence-corrected chi connectivity index (χ3v) is 6.51. The highest BCUT2D eigenvalue weighted by Crippen LogP contribution is 2.43. The van der Waals surface area contributed by atoms with E-state index >= 15 is 0 Å². The fraction of sp³-hybridized carbons (Fsp3) is 0.700. The number of carbonyl (C=O) groups is 1. The Hall–Kier alpha value is -1.54. The van der Waals surface area contributed by atoms with Gasteiger partial charge in [0.05, 0.1) is 19.8 Å². The molecule has 0 aromatic rings. The van der Waals surface area contributed by atoms with Crippen molar-refractivity contribution in [2.75, 3.05) is 33.0 Å². The summed E-state index contributed by atoms with van der Waals surface area (Å²) in [5.74, 6) is -0.416. The largest absolute Gasteiger partial charge is 0.472 e. The summed E-state index contributed by atoms with van der Waals surface area (Å²) in [6.45, 7) is 4.62. The summed E-state index contributed by atoms with van der Waals surface area (Å²) in [7, 11) is -4.27. The molecule has 2 atom stereocenters. The lowest BCUT2D eigenvalue weighted by molar-refractivity contribution is -0.154. The number of allylic oxidation sites excluding steroid dienone is 8. The van der Waals surface area contributed by atoms with Crippen LogP contribution in [-0.4, -0.2) is 49.9 Å². The number of unbranched alkanes of at least 4 members (excludes halogenated alkanes) is 6. The molecule has 0 saturated carbocycles. The maximum atomic E-state index is 12.3. The highest BCUT2D eigenvalue weighted by molar-refractivity contribution is 7.47. The lowest BCUT2D eigenvalue weighted by Gasteiger charge is -2.19.